The highest BCUT2D eigenvalue weighted by Gasteiger charge is 2.19. The Balaban J connectivity index is 1.76. The Labute approximate surface area is 164 Å². The van der Waals surface area contributed by atoms with E-state index in [9.17, 15) is 13.2 Å². The van der Waals surface area contributed by atoms with E-state index in [1.54, 1.807) is 30.8 Å². The molecule has 0 saturated carbocycles. The van der Waals surface area contributed by atoms with Gasteiger partial charge in [0.15, 0.2) is 0 Å². The third kappa shape index (κ3) is 4.63. The summed E-state index contributed by atoms with van der Waals surface area (Å²) in [6.45, 7) is 2.76. The first-order chi connectivity index (χ1) is 12.9. The van der Waals surface area contributed by atoms with Crippen LogP contribution in [-0.2, 0) is 14.8 Å². The molecule has 2 aromatic rings. The number of benzene rings is 2. The summed E-state index contributed by atoms with van der Waals surface area (Å²) in [6, 6.07) is 13.0. The highest BCUT2D eigenvalue weighted by Crippen LogP contribution is 2.33. The van der Waals surface area contributed by atoms with Gasteiger partial charge in [0, 0.05) is 17.1 Å². The Kier molecular flexibility index (Phi) is 6.08. The molecule has 1 aliphatic heterocycles. The first-order valence-electron chi connectivity index (χ1n) is 8.71. The first kappa shape index (κ1) is 19.7. The SMILES string of the molecule is CNS(=O)(=O)c1cc(NC(=O)CN2CCCSc3ccccc32)ccc1C. The largest absolute Gasteiger partial charge is 0.361 e. The van der Waals surface area contributed by atoms with Gasteiger partial charge < -0.3 is 10.2 Å². The van der Waals surface area contributed by atoms with E-state index < -0.39 is 10.0 Å². The summed E-state index contributed by atoms with van der Waals surface area (Å²) in [4.78, 5) is 16.0. The van der Waals surface area contributed by atoms with Crippen molar-refractivity contribution in [2.45, 2.75) is 23.1 Å². The van der Waals surface area contributed by atoms with Crippen LogP contribution in [0.15, 0.2) is 52.3 Å². The molecule has 144 valence electrons. The van der Waals surface area contributed by atoms with Gasteiger partial charge in [0.2, 0.25) is 15.9 Å². The molecule has 1 aliphatic rings. The topological polar surface area (TPSA) is 78.5 Å². The van der Waals surface area contributed by atoms with Crippen LogP contribution in [0.1, 0.15) is 12.0 Å². The Morgan fingerprint density at radius 2 is 2.00 bits per heavy atom. The maximum atomic E-state index is 12.6. The highest BCUT2D eigenvalue weighted by atomic mass is 32.2. The second-order valence-electron chi connectivity index (χ2n) is 6.33. The summed E-state index contributed by atoms with van der Waals surface area (Å²) >= 11 is 1.81. The minimum Gasteiger partial charge on any atom is -0.361 e. The number of carbonyl (C=O) groups excluding carboxylic acids is 1. The molecule has 0 saturated heterocycles. The molecule has 0 unspecified atom stereocenters. The van der Waals surface area contributed by atoms with Gasteiger partial charge in [-0.15, -0.1) is 11.8 Å². The highest BCUT2D eigenvalue weighted by molar-refractivity contribution is 7.99. The van der Waals surface area contributed by atoms with Crippen LogP contribution in [-0.4, -0.2) is 40.2 Å². The number of hydrogen-bond donors (Lipinski definition) is 2. The average molecular weight is 406 g/mol. The van der Waals surface area contributed by atoms with Crippen molar-refractivity contribution in [2.24, 2.45) is 0 Å². The number of hydrogen-bond acceptors (Lipinski definition) is 5. The van der Waals surface area contributed by atoms with Gasteiger partial charge in [0.05, 0.1) is 17.1 Å². The van der Waals surface area contributed by atoms with E-state index in [4.69, 9.17) is 0 Å². The fourth-order valence-corrected chi connectivity index (χ4v) is 5.02. The molecule has 0 fully saturated rings. The molecule has 0 atom stereocenters. The minimum atomic E-state index is -3.57. The summed E-state index contributed by atoms with van der Waals surface area (Å²) in [5.74, 6) is 0.853. The zero-order chi connectivity index (χ0) is 19.4. The van der Waals surface area contributed by atoms with Crippen molar-refractivity contribution in [1.29, 1.82) is 0 Å². The predicted molar refractivity (Wildman–Crippen MR) is 110 cm³/mol. The molecule has 27 heavy (non-hydrogen) atoms. The van der Waals surface area contributed by atoms with Crippen molar-refractivity contribution in [3.05, 3.63) is 48.0 Å². The van der Waals surface area contributed by atoms with Crippen molar-refractivity contribution in [3.63, 3.8) is 0 Å². The fraction of sp³-hybridized carbons (Fsp3) is 0.316. The number of anilines is 2. The maximum Gasteiger partial charge on any atom is 0.243 e. The standard InChI is InChI=1S/C19H23N3O3S2/c1-14-8-9-15(12-18(14)27(24,25)20-2)21-19(23)13-22-10-5-11-26-17-7-4-3-6-16(17)22/h3-4,6-9,12,20H,5,10-11,13H2,1-2H3,(H,21,23). The minimum absolute atomic E-state index is 0.166. The summed E-state index contributed by atoms with van der Waals surface area (Å²) < 4.78 is 26.5. The number of carbonyl (C=O) groups is 1. The van der Waals surface area contributed by atoms with Crippen LogP contribution in [0.3, 0.4) is 0 Å². The molecule has 6 nitrogen and oxygen atoms in total. The molecule has 1 amide bonds. The average Bonchev–Trinajstić information content (AvgIpc) is 2.85. The van der Waals surface area contributed by atoms with Crippen molar-refractivity contribution in [3.8, 4) is 0 Å². The normalized spacial score (nSPS) is 14.4. The van der Waals surface area contributed by atoms with Gasteiger partial charge in [-0.2, -0.15) is 0 Å². The Bertz CT molecular complexity index is 945. The lowest BCUT2D eigenvalue weighted by atomic mass is 10.2. The molecular weight excluding hydrogens is 382 g/mol. The van der Waals surface area contributed by atoms with E-state index in [1.807, 2.05) is 18.2 Å². The zero-order valence-electron chi connectivity index (χ0n) is 15.4. The molecule has 0 bridgehead atoms. The van der Waals surface area contributed by atoms with Gasteiger partial charge in [-0.25, -0.2) is 13.1 Å². The lowest BCUT2D eigenvalue weighted by Gasteiger charge is -2.24. The van der Waals surface area contributed by atoms with E-state index in [0.29, 0.717) is 11.3 Å². The van der Waals surface area contributed by atoms with Gasteiger partial charge >= 0.3 is 0 Å². The number of para-hydroxylation sites is 1. The molecule has 2 aromatic carbocycles. The van der Waals surface area contributed by atoms with E-state index in [1.165, 1.54) is 18.0 Å². The summed E-state index contributed by atoms with van der Waals surface area (Å²) in [7, 11) is -2.20. The van der Waals surface area contributed by atoms with Crippen LogP contribution in [0, 0.1) is 6.92 Å². The smallest absolute Gasteiger partial charge is 0.243 e. The van der Waals surface area contributed by atoms with E-state index in [2.05, 4.69) is 21.0 Å². The van der Waals surface area contributed by atoms with Gasteiger partial charge in [-0.3, -0.25) is 4.79 Å². The van der Waals surface area contributed by atoms with Crippen molar-refractivity contribution in [1.82, 2.24) is 4.72 Å². The van der Waals surface area contributed by atoms with Crippen LogP contribution < -0.4 is 14.9 Å². The lowest BCUT2D eigenvalue weighted by molar-refractivity contribution is -0.115. The number of fused-ring (bicyclic) bond motifs is 1. The van der Waals surface area contributed by atoms with Crippen molar-refractivity contribution >= 4 is 39.1 Å². The summed E-state index contributed by atoms with van der Waals surface area (Å²) in [5, 5.41) is 2.82. The van der Waals surface area contributed by atoms with E-state index >= 15 is 0 Å². The van der Waals surface area contributed by atoms with Crippen LogP contribution in [0.2, 0.25) is 0 Å². The predicted octanol–water partition coefficient (Wildman–Crippen LogP) is 2.84. The third-order valence-electron chi connectivity index (χ3n) is 4.40. The molecule has 2 N–H and O–H groups in total. The van der Waals surface area contributed by atoms with E-state index in [0.717, 1.165) is 24.4 Å². The van der Waals surface area contributed by atoms with Crippen molar-refractivity contribution < 1.29 is 13.2 Å². The van der Waals surface area contributed by atoms with Crippen LogP contribution in [0.4, 0.5) is 11.4 Å². The second kappa shape index (κ2) is 8.33. The van der Waals surface area contributed by atoms with E-state index in [-0.39, 0.29) is 17.3 Å². The van der Waals surface area contributed by atoms with Gasteiger partial charge in [0.1, 0.15) is 0 Å². The molecule has 0 aliphatic carbocycles. The lowest BCUT2D eigenvalue weighted by Crippen LogP contribution is -2.34. The molecule has 3 rings (SSSR count). The maximum absolute atomic E-state index is 12.6. The summed E-state index contributed by atoms with van der Waals surface area (Å²) in [5.41, 5.74) is 2.16. The third-order valence-corrected chi connectivity index (χ3v) is 7.11. The number of nitrogens with one attached hydrogen (secondary N) is 2. The van der Waals surface area contributed by atoms with Crippen LogP contribution in [0.5, 0.6) is 0 Å². The number of rotatable bonds is 5. The van der Waals surface area contributed by atoms with Gasteiger partial charge in [0.25, 0.3) is 0 Å². The molecule has 0 radical (unpaired) electrons. The molecular formula is C19H23N3O3S2. The molecule has 8 heteroatoms. The summed E-state index contributed by atoms with van der Waals surface area (Å²) in [6.07, 6.45) is 1.00. The number of sulfonamides is 1. The van der Waals surface area contributed by atoms with Crippen molar-refractivity contribution in [2.75, 3.05) is 36.1 Å². The van der Waals surface area contributed by atoms with Crippen LogP contribution >= 0.6 is 11.8 Å². The van der Waals surface area contributed by atoms with Gasteiger partial charge in [-0.1, -0.05) is 18.2 Å². The Hall–Kier alpha value is -2.03. The second-order valence-corrected chi connectivity index (χ2v) is 9.32. The molecule has 1 heterocycles. The fourth-order valence-electron chi connectivity index (χ4n) is 3.01. The molecule has 0 aromatic heterocycles. The monoisotopic (exact) mass is 405 g/mol. The number of aryl methyl sites for hydroxylation is 1. The number of amides is 1. The van der Waals surface area contributed by atoms with Gasteiger partial charge in [-0.05, 0) is 56.0 Å². The number of nitrogens with zero attached hydrogens (tertiary/aromatic N) is 1. The Morgan fingerprint density at radius 1 is 1.22 bits per heavy atom. The number of thioether (sulfide) groups is 1. The Morgan fingerprint density at radius 3 is 2.78 bits per heavy atom. The zero-order valence-corrected chi connectivity index (χ0v) is 17.0. The van der Waals surface area contributed by atoms with Crippen LogP contribution in [0.25, 0.3) is 0 Å². The molecule has 0 spiro atoms. The quantitative estimate of drug-likeness (QED) is 0.800. The first-order valence-corrected chi connectivity index (χ1v) is 11.2.